The van der Waals surface area contributed by atoms with Crippen molar-refractivity contribution in [2.45, 2.75) is 13.3 Å². The molecule has 4 rings (SSSR count). The molecule has 0 aliphatic heterocycles. The Bertz CT molecular complexity index is 1290. The van der Waals surface area contributed by atoms with Crippen molar-refractivity contribution in [1.29, 1.82) is 0 Å². The highest BCUT2D eigenvalue weighted by Gasteiger charge is 2.11. The summed E-state index contributed by atoms with van der Waals surface area (Å²) >= 11 is 0. The second-order valence-corrected chi connectivity index (χ2v) is 6.05. The fourth-order valence-electron chi connectivity index (χ4n) is 2.69. The smallest absolute Gasteiger partial charge is 0.170 e. The predicted octanol–water partition coefficient (Wildman–Crippen LogP) is 3.76. The number of rotatable bonds is 4. The van der Waals surface area contributed by atoms with Crippen LogP contribution in [-0.4, -0.2) is 25.3 Å². The number of fused-ring (bicyclic) bond motifs is 1. The first-order valence-corrected chi connectivity index (χ1v) is 8.10. The summed E-state index contributed by atoms with van der Waals surface area (Å²) in [6, 6.07) is 4.65. The maximum atomic E-state index is 12.8. The third-order valence-electron chi connectivity index (χ3n) is 4.09. The van der Waals surface area contributed by atoms with Gasteiger partial charge in [-0.1, -0.05) is 41.9 Å². The van der Waals surface area contributed by atoms with Crippen molar-refractivity contribution in [3.8, 4) is 11.3 Å². The largest absolute Gasteiger partial charge is 0.334 e. The Kier molecular flexibility index (Phi) is 3.03. The molecule has 4 aromatic rings. The molecule has 0 unspecified atom stereocenters. The van der Waals surface area contributed by atoms with Crippen molar-refractivity contribution in [2.75, 3.05) is 0 Å². The number of aryl methyl sites for hydroxylation is 1. The van der Waals surface area contributed by atoms with Gasteiger partial charge in [-0.25, -0.2) is 15.0 Å². The van der Waals surface area contributed by atoms with E-state index < -0.39 is 5.78 Å². The molecule has 0 aliphatic rings. The number of hydrogen-bond donors (Lipinski definition) is 0. The molecule has 2 aromatic carbocycles. The van der Waals surface area contributed by atoms with E-state index in [0.717, 1.165) is 16.6 Å². The first kappa shape index (κ1) is 12.1. The average Bonchev–Trinajstić information content (AvgIpc) is 3.16. The van der Waals surface area contributed by atoms with Gasteiger partial charge in [0.15, 0.2) is 5.78 Å². The summed E-state index contributed by atoms with van der Waals surface area (Å²) in [7, 11) is 1.90. The first-order chi connectivity index (χ1) is 14.3. The number of nitrogens with zero attached hydrogens (tertiary/aromatic N) is 4. The summed E-state index contributed by atoms with van der Waals surface area (Å²) < 4.78 is 33.9. The van der Waals surface area contributed by atoms with E-state index in [1.54, 1.807) is 18.7 Å². The SMILES string of the molecule is [2H]c1c([2H])c(C(=O)Cc2ncc3ccc(-c4cncn4C)cc3n2)c([2H])c([2H])c1C. The lowest BCUT2D eigenvalue weighted by atomic mass is 10.1. The zero-order valence-corrected chi connectivity index (χ0v) is 14.4. The van der Waals surface area contributed by atoms with Crippen LogP contribution >= 0.6 is 0 Å². The van der Waals surface area contributed by atoms with Crippen LogP contribution in [0.1, 0.15) is 27.2 Å². The lowest BCUT2D eigenvalue weighted by molar-refractivity contribution is 0.0991. The molecule has 5 nitrogen and oxygen atoms in total. The van der Waals surface area contributed by atoms with E-state index in [0.29, 0.717) is 5.52 Å². The van der Waals surface area contributed by atoms with Gasteiger partial charge in [-0.3, -0.25) is 4.79 Å². The zero-order chi connectivity index (χ0) is 21.6. The Hall–Kier alpha value is -3.34. The molecule has 0 N–H and O–H groups in total. The molecule has 0 radical (unpaired) electrons. The van der Waals surface area contributed by atoms with Crippen molar-refractivity contribution in [1.82, 2.24) is 19.5 Å². The van der Waals surface area contributed by atoms with Crippen molar-refractivity contribution in [2.24, 2.45) is 7.05 Å². The maximum absolute atomic E-state index is 12.8. The van der Waals surface area contributed by atoms with Crippen LogP contribution in [0.4, 0.5) is 0 Å². The zero-order valence-electron chi connectivity index (χ0n) is 18.4. The molecule has 0 spiro atoms. The van der Waals surface area contributed by atoms with Crippen LogP contribution in [0, 0.1) is 6.92 Å². The number of ketones is 1. The molecular weight excluding hydrogens is 324 g/mol. The summed E-state index contributed by atoms with van der Waals surface area (Å²) in [4.78, 5) is 25.7. The van der Waals surface area contributed by atoms with E-state index in [1.165, 1.54) is 6.92 Å². The summed E-state index contributed by atoms with van der Waals surface area (Å²) in [5.41, 5.74) is 2.50. The lowest BCUT2D eigenvalue weighted by Gasteiger charge is -2.06. The molecule has 0 aliphatic carbocycles. The number of imidazole rings is 1. The number of Topliss-reactive ketones (excluding diaryl/α,β-unsaturated/α-hetero) is 1. The van der Waals surface area contributed by atoms with E-state index in [-0.39, 0.29) is 47.5 Å². The lowest BCUT2D eigenvalue weighted by Crippen LogP contribution is -2.07. The second kappa shape index (κ2) is 6.52. The summed E-state index contributed by atoms with van der Waals surface area (Å²) in [6.07, 6.45) is 4.88. The topological polar surface area (TPSA) is 60.7 Å². The average molecular weight is 346 g/mol. The van der Waals surface area contributed by atoms with Gasteiger partial charge in [0.25, 0.3) is 0 Å². The van der Waals surface area contributed by atoms with Gasteiger partial charge in [-0.2, -0.15) is 0 Å². The van der Waals surface area contributed by atoms with Crippen LogP contribution in [0.25, 0.3) is 22.2 Å². The Morgan fingerprint density at radius 2 is 2.00 bits per heavy atom. The monoisotopic (exact) mass is 346 g/mol. The maximum Gasteiger partial charge on any atom is 0.170 e. The van der Waals surface area contributed by atoms with Crippen LogP contribution in [0.15, 0.2) is 61.1 Å². The van der Waals surface area contributed by atoms with Crippen LogP contribution < -0.4 is 0 Å². The van der Waals surface area contributed by atoms with E-state index >= 15 is 0 Å². The first-order valence-electron chi connectivity index (χ1n) is 10.1. The van der Waals surface area contributed by atoms with Crippen molar-refractivity contribution >= 4 is 16.7 Å². The molecule has 0 atom stereocenters. The third kappa shape index (κ3) is 3.11. The highest BCUT2D eigenvalue weighted by Crippen LogP contribution is 2.22. The van der Waals surface area contributed by atoms with Gasteiger partial charge < -0.3 is 4.57 Å². The van der Waals surface area contributed by atoms with E-state index in [2.05, 4.69) is 15.0 Å². The molecule has 128 valence electrons. The molecule has 5 heteroatoms. The van der Waals surface area contributed by atoms with Gasteiger partial charge >= 0.3 is 0 Å². The minimum absolute atomic E-state index is 0.209. The van der Waals surface area contributed by atoms with Crippen molar-refractivity contribution in [3.63, 3.8) is 0 Å². The molecule has 2 heterocycles. The molecule has 0 saturated carbocycles. The van der Waals surface area contributed by atoms with E-state index in [1.807, 2.05) is 29.8 Å². The fourth-order valence-corrected chi connectivity index (χ4v) is 2.69. The molecule has 26 heavy (non-hydrogen) atoms. The van der Waals surface area contributed by atoms with Gasteiger partial charge in [0.05, 0.1) is 35.6 Å². The number of hydrogen-bond acceptors (Lipinski definition) is 4. The van der Waals surface area contributed by atoms with Gasteiger partial charge in [0.2, 0.25) is 0 Å². The van der Waals surface area contributed by atoms with Crippen molar-refractivity contribution < 1.29 is 10.3 Å². The number of benzene rings is 2. The van der Waals surface area contributed by atoms with Crippen molar-refractivity contribution in [3.05, 3.63) is 78.0 Å². The molecule has 2 aromatic heterocycles. The number of carbonyl (C=O) groups is 1. The molecular formula is C21H18N4O. The van der Waals surface area contributed by atoms with E-state index in [9.17, 15) is 4.79 Å². The summed E-state index contributed by atoms with van der Waals surface area (Å²) in [5.74, 6) is -0.291. The Balaban J connectivity index is 1.71. The second-order valence-electron chi connectivity index (χ2n) is 6.05. The predicted molar refractivity (Wildman–Crippen MR) is 101 cm³/mol. The van der Waals surface area contributed by atoms with Gasteiger partial charge in [-0.05, 0) is 13.0 Å². The standard InChI is InChI=1S/C21H18N4O/c1-14-3-5-15(6-4-14)20(26)10-21-23-11-17-8-7-16(9-18(17)24-21)19-12-22-13-25(19)2/h3-9,11-13H,10H2,1-2H3/i3D,4D,5D,6D. The molecule has 0 saturated heterocycles. The molecule has 0 bridgehead atoms. The third-order valence-corrected chi connectivity index (χ3v) is 4.09. The van der Waals surface area contributed by atoms with Crippen LogP contribution in [-0.2, 0) is 13.5 Å². The quantitative estimate of drug-likeness (QED) is 0.528. The van der Waals surface area contributed by atoms with Gasteiger partial charge in [0, 0.05) is 29.8 Å². The van der Waals surface area contributed by atoms with E-state index in [4.69, 9.17) is 5.48 Å². The van der Waals surface area contributed by atoms with Crippen LogP contribution in [0.2, 0.25) is 0 Å². The minimum atomic E-state index is -0.547. The normalized spacial score (nSPS) is 13.2. The van der Waals surface area contributed by atoms with Gasteiger partial charge in [0.1, 0.15) is 5.82 Å². The number of aromatic nitrogens is 4. The fraction of sp³-hybridized carbons (Fsp3) is 0.143. The minimum Gasteiger partial charge on any atom is -0.334 e. The Labute approximate surface area is 157 Å². The van der Waals surface area contributed by atoms with Crippen LogP contribution in [0.3, 0.4) is 0 Å². The van der Waals surface area contributed by atoms with Gasteiger partial charge in [-0.15, -0.1) is 0 Å². The highest BCUT2D eigenvalue weighted by molar-refractivity contribution is 5.97. The van der Waals surface area contributed by atoms with Crippen LogP contribution in [0.5, 0.6) is 0 Å². The summed E-state index contributed by atoms with van der Waals surface area (Å²) in [5, 5.41) is 0.816. The highest BCUT2D eigenvalue weighted by atomic mass is 16.1. The Morgan fingerprint density at radius 1 is 1.19 bits per heavy atom. The Morgan fingerprint density at radius 3 is 2.73 bits per heavy atom. The summed E-state index contributed by atoms with van der Waals surface area (Å²) in [6.45, 7) is 1.50. The molecule has 0 amide bonds. The molecule has 0 fully saturated rings. The number of carbonyl (C=O) groups excluding carboxylic acids is 1.